The van der Waals surface area contributed by atoms with E-state index in [1.807, 2.05) is 18.2 Å². The molecule has 0 amide bonds. The number of fused-ring (bicyclic) bond motifs is 1. The highest BCUT2D eigenvalue weighted by Gasteiger charge is 2.09. The van der Waals surface area contributed by atoms with Crippen LogP contribution in [-0.4, -0.2) is 24.6 Å². The van der Waals surface area contributed by atoms with Crippen LogP contribution in [-0.2, 0) is 22.9 Å². The highest BCUT2D eigenvalue weighted by molar-refractivity contribution is 7.90. The summed E-state index contributed by atoms with van der Waals surface area (Å²) in [6.07, 6.45) is 1.22. The summed E-state index contributed by atoms with van der Waals surface area (Å²) < 4.78 is 23.3. The van der Waals surface area contributed by atoms with Gasteiger partial charge in [-0.15, -0.1) is 0 Å². The molecule has 35 heavy (non-hydrogen) atoms. The minimum absolute atomic E-state index is 0.342. The standard InChI is InChI=1S/C29H27N3O2S/c1-20-6-3-11-27-28(20)32-29(31-27)25-10-5-9-24(17-25)23-8-4-7-22(16-23)19-30-18-21-12-14-26(15-13-21)35(2,33)34/h3-17,30H,18-19H2,1-2H3,(H,31,32). The highest BCUT2D eigenvalue weighted by Crippen LogP contribution is 2.27. The van der Waals surface area contributed by atoms with Gasteiger partial charge < -0.3 is 10.3 Å². The first-order valence-electron chi connectivity index (χ1n) is 11.5. The Morgan fingerprint density at radius 3 is 2.17 bits per heavy atom. The van der Waals surface area contributed by atoms with Gasteiger partial charge in [-0.3, -0.25) is 0 Å². The molecule has 5 rings (SSSR count). The van der Waals surface area contributed by atoms with E-state index in [4.69, 9.17) is 4.98 Å². The molecule has 0 aliphatic rings. The molecule has 0 fully saturated rings. The molecule has 0 radical (unpaired) electrons. The SMILES string of the molecule is Cc1cccc2[nH]c(-c3cccc(-c4cccc(CNCc5ccc(S(C)(=O)=O)cc5)c4)c3)nc12. The molecule has 5 nitrogen and oxygen atoms in total. The Labute approximate surface area is 205 Å². The molecular formula is C29H27N3O2S. The largest absolute Gasteiger partial charge is 0.338 e. The van der Waals surface area contributed by atoms with Crippen molar-refractivity contribution in [3.05, 3.63) is 108 Å². The second kappa shape index (κ2) is 9.49. The minimum atomic E-state index is -3.17. The van der Waals surface area contributed by atoms with Crippen molar-refractivity contribution in [2.45, 2.75) is 24.9 Å². The van der Waals surface area contributed by atoms with Gasteiger partial charge in [-0.1, -0.05) is 60.7 Å². The number of aryl methyl sites for hydroxylation is 1. The summed E-state index contributed by atoms with van der Waals surface area (Å²) in [7, 11) is -3.17. The summed E-state index contributed by atoms with van der Waals surface area (Å²) in [4.78, 5) is 8.61. The number of para-hydroxylation sites is 1. The number of aromatic nitrogens is 2. The Morgan fingerprint density at radius 2 is 1.43 bits per heavy atom. The Kier molecular flexibility index (Phi) is 6.24. The number of aromatic amines is 1. The second-order valence-electron chi connectivity index (χ2n) is 8.86. The van der Waals surface area contributed by atoms with E-state index >= 15 is 0 Å². The lowest BCUT2D eigenvalue weighted by molar-refractivity contribution is 0.602. The summed E-state index contributed by atoms with van der Waals surface area (Å²) in [6.45, 7) is 3.45. The summed E-state index contributed by atoms with van der Waals surface area (Å²) in [5.41, 5.74) is 8.78. The molecule has 0 spiro atoms. The molecule has 4 aromatic carbocycles. The van der Waals surface area contributed by atoms with Crippen molar-refractivity contribution < 1.29 is 8.42 Å². The van der Waals surface area contributed by atoms with Crippen LogP contribution in [0.4, 0.5) is 0 Å². The van der Waals surface area contributed by atoms with Crippen LogP contribution in [0.15, 0.2) is 95.9 Å². The van der Waals surface area contributed by atoms with Gasteiger partial charge in [0, 0.05) is 24.9 Å². The van der Waals surface area contributed by atoms with E-state index in [0.29, 0.717) is 18.0 Å². The molecule has 1 aromatic heterocycles. The van der Waals surface area contributed by atoms with Crippen LogP contribution >= 0.6 is 0 Å². The van der Waals surface area contributed by atoms with Crippen molar-refractivity contribution in [2.75, 3.05) is 6.26 Å². The number of imidazole rings is 1. The second-order valence-corrected chi connectivity index (χ2v) is 10.9. The normalized spacial score (nSPS) is 11.7. The zero-order valence-electron chi connectivity index (χ0n) is 19.7. The van der Waals surface area contributed by atoms with Crippen molar-refractivity contribution >= 4 is 20.9 Å². The number of nitrogens with one attached hydrogen (secondary N) is 2. The third kappa shape index (κ3) is 5.19. The average Bonchev–Trinajstić information content (AvgIpc) is 3.30. The molecule has 0 atom stereocenters. The van der Waals surface area contributed by atoms with Crippen molar-refractivity contribution in [1.29, 1.82) is 0 Å². The fraction of sp³-hybridized carbons (Fsp3) is 0.138. The Hall–Kier alpha value is -3.74. The maximum atomic E-state index is 11.6. The molecule has 0 aliphatic heterocycles. The van der Waals surface area contributed by atoms with Crippen molar-refractivity contribution in [3.8, 4) is 22.5 Å². The molecule has 0 unspecified atom stereocenters. The van der Waals surface area contributed by atoms with Gasteiger partial charge in [-0.2, -0.15) is 0 Å². The first-order chi connectivity index (χ1) is 16.9. The summed E-state index contributed by atoms with van der Waals surface area (Å²) in [6, 6.07) is 30.1. The average molecular weight is 482 g/mol. The van der Waals surface area contributed by atoms with E-state index in [1.54, 1.807) is 12.1 Å². The van der Waals surface area contributed by atoms with Gasteiger partial charge in [0.05, 0.1) is 15.9 Å². The summed E-state index contributed by atoms with van der Waals surface area (Å²) in [5.74, 6) is 0.871. The van der Waals surface area contributed by atoms with Gasteiger partial charge in [0.15, 0.2) is 9.84 Å². The molecule has 0 aliphatic carbocycles. The molecule has 6 heteroatoms. The maximum absolute atomic E-state index is 11.6. The van der Waals surface area contributed by atoms with Gasteiger partial charge in [0.1, 0.15) is 5.82 Å². The Balaban J connectivity index is 1.30. The monoisotopic (exact) mass is 481 g/mol. The van der Waals surface area contributed by atoms with Crippen molar-refractivity contribution in [1.82, 2.24) is 15.3 Å². The zero-order valence-corrected chi connectivity index (χ0v) is 20.6. The maximum Gasteiger partial charge on any atom is 0.175 e. The van der Waals surface area contributed by atoms with E-state index in [9.17, 15) is 8.42 Å². The number of benzene rings is 4. The molecule has 0 bridgehead atoms. The fourth-order valence-electron chi connectivity index (χ4n) is 4.22. The topological polar surface area (TPSA) is 74.8 Å². The number of rotatable bonds is 7. The summed E-state index contributed by atoms with van der Waals surface area (Å²) >= 11 is 0. The molecule has 5 aromatic rings. The number of sulfone groups is 1. The van der Waals surface area contributed by atoms with Gasteiger partial charge in [0.25, 0.3) is 0 Å². The van der Waals surface area contributed by atoms with Crippen LogP contribution < -0.4 is 5.32 Å². The van der Waals surface area contributed by atoms with Crippen LogP contribution in [0.1, 0.15) is 16.7 Å². The Bertz CT molecular complexity index is 1600. The third-order valence-electron chi connectivity index (χ3n) is 6.12. The lowest BCUT2D eigenvalue weighted by Gasteiger charge is -2.09. The van der Waals surface area contributed by atoms with E-state index in [2.05, 4.69) is 77.9 Å². The molecule has 0 saturated heterocycles. The van der Waals surface area contributed by atoms with Crippen LogP contribution in [0.2, 0.25) is 0 Å². The Morgan fingerprint density at radius 1 is 0.771 bits per heavy atom. The van der Waals surface area contributed by atoms with Crippen LogP contribution in [0.5, 0.6) is 0 Å². The van der Waals surface area contributed by atoms with E-state index < -0.39 is 9.84 Å². The van der Waals surface area contributed by atoms with Gasteiger partial charge in [-0.05, 0) is 65.1 Å². The van der Waals surface area contributed by atoms with Crippen LogP contribution in [0.25, 0.3) is 33.5 Å². The molecule has 2 N–H and O–H groups in total. The van der Waals surface area contributed by atoms with Crippen LogP contribution in [0, 0.1) is 6.92 Å². The number of nitrogens with zero attached hydrogens (tertiary/aromatic N) is 1. The van der Waals surface area contributed by atoms with E-state index in [0.717, 1.165) is 44.7 Å². The predicted octanol–water partition coefficient (Wildman–Crippen LogP) is 5.90. The van der Waals surface area contributed by atoms with E-state index in [1.165, 1.54) is 11.8 Å². The zero-order chi connectivity index (χ0) is 24.4. The fourth-order valence-corrected chi connectivity index (χ4v) is 4.86. The van der Waals surface area contributed by atoms with Crippen molar-refractivity contribution in [2.24, 2.45) is 0 Å². The van der Waals surface area contributed by atoms with Crippen LogP contribution in [0.3, 0.4) is 0 Å². The van der Waals surface area contributed by atoms with Crippen molar-refractivity contribution in [3.63, 3.8) is 0 Å². The smallest absolute Gasteiger partial charge is 0.175 e. The predicted molar refractivity (Wildman–Crippen MR) is 142 cm³/mol. The highest BCUT2D eigenvalue weighted by atomic mass is 32.2. The first kappa shape index (κ1) is 23.0. The lowest BCUT2D eigenvalue weighted by Crippen LogP contribution is -2.12. The molecule has 1 heterocycles. The van der Waals surface area contributed by atoms with Gasteiger partial charge >= 0.3 is 0 Å². The molecular weight excluding hydrogens is 454 g/mol. The third-order valence-corrected chi connectivity index (χ3v) is 7.25. The molecule has 0 saturated carbocycles. The minimum Gasteiger partial charge on any atom is -0.338 e. The van der Waals surface area contributed by atoms with E-state index in [-0.39, 0.29) is 0 Å². The van der Waals surface area contributed by atoms with Gasteiger partial charge in [0.2, 0.25) is 0 Å². The quantitative estimate of drug-likeness (QED) is 0.304. The molecule has 176 valence electrons. The number of hydrogen-bond acceptors (Lipinski definition) is 4. The lowest BCUT2D eigenvalue weighted by atomic mass is 10.0. The number of hydrogen-bond donors (Lipinski definition) is 2. The number of H-pyrrole nitrogens is 1. The van der Waals surface area contributed by atoms with Gasteiger partial charge in [-0.25, -0.2) is 13.4 Å². The summed E-state index contributed by atoms with van der Waals surface area (Å²) in [5, 5.41) is 3.45. The first-order valence-corrected chi connectivity index (χ1v) is 13.4.